The lowest BCUT2D eigenvalue weighted by Crippen LogP contribution is -2.24. The summed E-state index contributed by atoms with van der Waals surface area (Å²) in [5, 5.41) is 11.9. The molecule has 1 aromatic heterocycles. The Balaban J connectivity index is 1.29. The van der Waals surface area contributed by atoms with E-state index in [1.165, 1.54) is 0 Å². The van der Waals surface area contributed by atoms with Crippen molar-refractivity contribution < 1.29 is 14.3 Å². The number of nitrogens with one attached hydrogen (secondary N) is 2. The smallest absolute Gasteiger partial charge is 0.270 e. The van der Waals surface area contributed by atoms with E-state index in [4.69, 9.17) is 9.47 Å². The second kappa shape index (κ2) is 9.51. The van der Waals surface area contributed by atoms with E-state index in [-0.39, 0.29) is 19.1 Å². The Morgan fingerprint density at radius 3 is 2.77 bits per heavy atom. The van der Waals surface area contributed by atoms with Crippen LogP contribution in [-0.4, -0.2) is 36.4 Å². The van der Waals surface area contributed by atoms with Gasteiger partial charge in [0.1, 0.15) is 23.8 Å². The van der Waals surface area contributed by atoms with Gasteiger partial charge >= 0.3 is 0 Å². The van der Waals surface area contributed by atoms with Gasteiger partial charge in [0, 0.05) is 10.9 Å². The van der Waals surface area contributed by atoms with Crippen LogP contribution in [-0.2, 0) is 0 Å². The van der Waals surface area contributed by atoms with Crippen LogP contribution >= 0.6 is 0 Å². The Morgan fingerprint density at radius 2 is 1.87 bits per heavy atom. The number of fused-ring (bicyclic) bond motifs is 1. The summed E-state index contributed by atoms with van der Waals surface area (Å²) in [4.78, 5) is 12.3. The van der Waals surface area contributed by atoms with Crippen molar-refractivity contribution in [3.8, 4) is 34.6 Å². The summed E-state index contributed by atoms with van der Waals surface area (Å²) in [6.45, 7) is 0.458. The number of H-pyrrole nitrogens is 1. The Kier molecular flexibility index (Phi) is 6.15. The molecule has 0 aliphatic rings. The molecule has 0 aliphatic heterocycles. The maximum absolute atomic E-state index is 12.3. The van der Waals surface area contributed by atoms with E-state index in [9.17, 15) is 4.79 Å². The number of hydrogen-bond donors (Lipinski definition) is 2. The van der Waals surface area contributed by atoms with Gasteiger partial charge in [-0.1, -0.05) is 60.4 Å². The molecule has 0 atom stereocenters. The van der Waals surface area contributed by atoms with Gasteiger partial charge in [0.05, 0.1) is 19.3 Å². The third-order valence-corrected chi connectivity index (χ3v) is 4.70. The van der Waals surface area contributed by atoms with Crippen LogP contribution in [0.2, 0.25) is 0 Å². The van der Waals surface area contributed by atoms with E-state index in [0.29, 0.717) is 11.4 Å². The van der Waals surface area contributed by atoms with Gasteiger partial charge in [-0.25, -0.2) is 0 Å². The summed E-state index contributed by atoms with van der Waals surface area (Å²) in [6, 6.07) is 23.1. The van der Waals surface area contributed by atoms with Gasteiger partial charge in [-0.15, -0.1) is 0 Å². The number of amides is 1. The lowest BCUT2D eigenvalue weighted by Gasteiger charge is -2.06. The molecule has 1 heterocycles. The highest BCUT2D eigenvalue weighted by molar-refractivity contribution is 5.93. The molecule has 3 aromatic carbocycles. The highest BCUT2D eigenvalue weighted by Gasteiger charge is 2.10. The maximum atomic E-state index is 12.3. The minimum Gasteiger partial charge on any atom is -0.497 e. The Labute approximate surface area is 180 Å². The molecule has 0 saturated heterocycles. The zero-order chi connectivity index (χ0) is 21.5. The number of methoxy groups -OCH3 is 1. The average molecular weight is 411 g/mol. The first kappa shape index (κ1) is 20.0. The van der Waals surface area contributed by atoms with Crippen LogP contribution in [0, 0.1) is 11.8 Å². The van der Waals surface area contributed by atoms with Gasteiger partial charge < -0.3 is 14.8 Å². The fourth-order valence-corrected chi connectivity index (χ4v) is 3.14. The first-order valence-electron chi connectivity index (χ1n) is 9.79. The maximum Gasteiger partial charge on any atom is 0.270 e. The fraction of sp³-hybridized carbons (Fsp3) is 0.120. The Bertz CT molecular complexity index is 1260. The molecular weight excluding hydrogens is 390 g/mol. The summed E-state index contributed by atoms with van der Waals surface area (Å²) >= 11 is 0. The molecular formula is C25H21N3O3. The number of nitrogens with zero attached hydrogens (tertiary/aromatic N) is 1. The molecule has 31 heavy (non-hydrogen) atoms. The predicted molar refractivity (Wildman–Crippen MR) is 120 cm³/mol. The Morgan fingerprint density at radius 1 is 1.03 bits per heavy atom. The van der Waals surface area contributed by atoms with Crippen LogP contribution in [0.1, 0.15) is 10.5 Å². The van der Waals surface area contributed by atoms with E-state index in [0.717, 1.165) is 27.8 Å². The summed E-state index contributed by atoms with van der Waals surface area (Å²) in [5.74, 6) is 7.07. The number of rotatable bonds is 6. The highest BCUT2D eigenvalue weighted by Crippen LogP contribution is 2.25. The summed E-state index contributed by atoms with van der Waals surface area (Å²) in [6.07, 6.45) is 0. The molecule has 4 aromatic rings. The van der Waals surface area contributed by atoms with Crippen LogP contribution in [0.3, 0.4) is 0 Å². The van der Waals surface area contributed by atoms with Crippen molar-refractivity contribution in [1.82, 2.24) is 15.5 Å². The van der Waals surface area contributed by atoms with Gasteiger partial charge in [-0.2, -0.15) is 5.10 Å². The predicted octanol–water partition coefficient (Wildman–Crippen LogP) is 4.05. The van der Waals surface area contributed by atoms with E-state index in [1.807, 2.05) is 66.7 Å². The largest absolute Gasteiger partial charge is 0.497 e. The number of ether oxygens (including phenoxy) is 2. The van der Waals surface area contributed by atoms with Crippen molar-refractivity contribution in [3.63, 3.8) is 0 Å². The Hall–Kier alpha value is -4.24. The SMILES string of the molecule is COc1cccc(-c2cc(C(=O)NCC#CCOc3cccc4ccccc34)[nH]n2)c1. The van der Waals surface area contributed by atoms with Crippen LogP contribution in [0.25, 0.3) is 22.0 Å². The van der Waals surface area contributed by atoms with Crippen LogP contribution in [0.5, 0.6) is 11.5 Å². The lowest BCUT2D eigenvalue weighted by molar-refractivity contribution is 0.0953. The van der Waals surface area contributed by atoms with Crippen molar-refractivity contribution in [3.05, 3.63) is 78.5 Å². The standard InChI is InChI=1S/C25H21N3O3/c1-30-20-11-6-10-19(16-20)22-17-23(28-27-22)25(29)26-14-4-5-15-31-24-13-7-9-18-8-2-3-12-21(18)24/h2-3,6-13,16-17H,14-15H2,1H3,(H,26,29)(H,27,28). The van der Waals surface area contributed by atoms with Gasteiger partial charge in [0.2, 0.25) is 0 Å². The number of hydrogen-bond acceptors (Lipinski definition) is 4. The minimum absolute atomic E-state index is 0.214. The first-order chi connectivity index (χ1) is 15.2. The second-order valence-corrected chi connectivity index (χ2v) is 6.70. The summed E-state index contributed by atoms with van der Waals surface area (Å²) < 4.78 is 11.0. The van der Waals surface area contributed by atoms with Crippen LogP contribution in [0.15, 0.2) is 72.8 Å². The lowest BCUT2D eigenvalue weighted by atomic mass is 10.1. The fourth-order valence-electron chi connectivity index (χ4n) is 3.14. The molecule has 0 bridgehead atoms. The summed E-state index contributed by atoms with van der Waals surface area (Å²) in [5.41, 5.74) is 1.89. The van der Waals surface area contributed by atoms with Crippen molar-refractivity contribution >= 4 is 16.7 Å². The second-order valence-electron chi connectivity index (χ2n) is 6.70. The molecule has 6 nitrogen and oxygen atoms in total. The minimum atomic E-state index is -0.272. The molecule has 1 amide bonds. The normalized spacial score (nSPS) is 10.2. The highest BCUT2D eigenvalue weighted by atomic mass is 16.5. The molecule has 0 unspecified atom stereocenters. The number of carbonyl (C=O) groups excluding carboxylic acids is 1. The third kappa shape index (κ3) is 4.85. The molecule has 0 saturated carbocycles. The number of aromatic amines is 1. The molecule has 0 aliphatic carbocycles. The van der Waals surface area contributed by atoms with Crippen molar-refractivity contribution in [2.45, 2.75) is 0 Å². The van der Waals surface area contributed by atoms with Gasteiger partial charge in [-0.3, -0.25) is 9.89 Å². The van der Waals surface area contributed by atoms with Gasteiger partial charge in [0.15, 0.2) is 0 Å². The molecule has 6 heteroatoms. The molecule has 0 radical (unpaired) electrons. The number of carbonyl (C=O) groups is 1. The van der Waals surface area contributed by atoms with Gasteiger partial charge in [0.25, 0.3) is 5.91 Å². The van der Waals surface area contributed by atoms with Gasteiger partial charge in [-0.05, 0) is 29.7 Å². The van der Waals surface area contributed by atoms with Crippen molar-refractivity contribution in [2.75, 3.05) is 20.3 Å². The molecule has 154 valence electrons. The summed E-state index contributed by atoms with van der Waals surface area (Å²) in [7, 11) is 1.61. The number of aromatic nitrogens is 2. The van der Waals surface area contributed by atoms with Crippen LogP contribution < -0.4 is 14.8 Å². The average Bonchev–Trinajstić information content (AvgIpc) is 3.32. The monoisotopic (exact) mass is 411 g/mol. The van der Waals surface area contributed by atoms with E-state index in [2.05, 4.69) is 27.4 Å². The van der Waals surface area contributed by atoms with Crippen molar-refractivity contribution in [2.24, 2.45) is 0 Å². The topological polar surface area (TPSA) is 76.2 Å². The zero-order valence-electron chi connectivity index (χ0n) is 17.0. The van der Waals surface area contributed by atoms with E-state index >= 15 is 0 Å². The molecule has 0 spiro atoms. The number of benzene rings is 3. The third-order valence-electron chi connectivity index (χ3n) is 4.70. The van der Waals surface area contributed by atoms with Crippen LogP contribution in [0.4, 0.5) is 0 Å². The van der Waals surface area contributed by atoms with E-state index < -0.39 is 0 Å². The molecule has 4 rings (SSSR count). The molecule has 0 fully saturated rings. The zero-order valence-corrected chi connectivity index (χ0v) is 17.0. The molecule has 2 N–H and O–H groups in total. The van der Waals surface area contributed by atoms with Crippen molar-refractivity contribution in [1.29, 1.82) is 0 Å². The van der Waals surface area contributed by atoms with E-state index in [1.54, 1.807) is 13.2 Å². The quantitative estimate of drug-likeness (QED) is 0.470. The first-order valence-corrected chi connectivity index (χ1v) is 9.79.